The summed E-state index contributed by atoms with van der Waals surface area (Å²) in [6.45, 7) is 2.03. The topological polar surface area (TPSA) is 56.6 Å². The number of carbonyl (C=O) groups is 1. The van der Waals surface area contributed by atoms with Crippen LogP contribution in [0.5, 0.6) is 5.75 Å². The average molecular weight is 377 g/mol. The molecule has 5 nitrogen and oxygen atoms in total. The van der Waals surface area contributed by atoms with Crippen LogP contribution >= 0.6 is 12.2 Å². The van der Waals surface area contributed by atoms with Crippen LogP contribution in [0.4, 0.5) is 11.4 Å². The maximum absolute atomic E-state index is 13.4. The quantitative estimate of drug-likeness (QED) is 0.759. The number of ether oxygens (including phenoxy) is 1. The van der Waals surface area contributed by atoms with E-state index in [1.165, 1.54) is 7.11 Å². The van der Waals surface area contributed by atoms with Gasteiger partial charge in [0.1, 0.15) is 17.4 Å². The first-order chi connectivity index (χ1) is 13.0. The van der Waals surface area contributed by atoms with E-state index >= 15 is 0 Å². The van der Waals surface area contributed by atoms with E-state index in [1.807, 2.05) is 36.1 Å². The lowest BCUT2D eigenvalue weighted by molar-refractivity contribution is -0.123. The summed E-state index contributed by atoms with van der Waals surface area (Å²) in [4.78, 5) is 17.0. The molecular formula is C21H19N3O2S. The van der Waals surface area contributed by atoms with E-state index in [0.717, 1.165) is 30.5 Å². The summed E-state index contributed by atoms with van der Waals surface area (Å²) in [5.41, 5.74) is 2.54. The predicted molar refractivity (Wildman–Crippen MR) is 108 cm³/mol. The molecule has 0 unspecified atom stereocenters. The molecule has 0 atom stereocenters. The third-order valence-electron chi connectivity index (χ3n) is 5.45. The van der Waals surface area contributed by atoms with E-state index < -0.39 is 5.54 Å². The molecule has 1 saturated heterocycles. The van der Waals surface area contributed by atoms with Gasteiger partial charge in [-0.25, -0.2) is 0 Å². The molecule has 27 heavy (non-hydrogen) atoms. The van der Waals surface area contributed by atoms with Gasteiger partial charge >= 0.3 is 0 Å². The van der Waals surface area contributed by atoms with E-state index in [0.29, 0.717) is 22.1 Å². The van der Waals surface area contributed by atoms with E-state index in [2.05, 4.69) is 6.07 Å². The van der Waals surface area contributed by atoms with Crippen molar-refractivity contribution in [1.29, 1.82) is 5.26 Å². The van der Waals surface area contributed by atoms with Crippen molar-refractivity contribution in [3.8, 4) is 11.8 Å². The fourth-order valence-corrected chi connectivity index (χ4v) is 4.28. The van der Waals surface area contributed by atoms with E-state index in [1.54, 1.807) is 23.1 Å². The lowest BCUT2D eigenvalue weighted by atomic mass is 9.75. The molecule has 1 aliphatic carbocycles. The number of amides is 1. The zero-order chi connectivity index (χ0) is 19.2. The van der Waals surface area contributed by atoms with Crippen LogP contribution in [0, 0.1) is 18.3 Å². The maximum atomic E-state index is 13.4. The molecule has 0 N–H and O–H groups in total. The molecule has 1 spiro atoms. The Morgan fingerprint density at radius 1 is 1.15 bits per heavy atom. The van der Waals surface area contributed by atoms with Crippen molar-refractivity contribution < 1.29 is 9.53 Å². The highest BCUT2D eigenvalue weighted by Crippen LogP contribution is 2.48. The molecule has 136 valence electrons. The number of benzene rings is 2. The molecule has 0 aromatic heterocycles. The van der Waals surface area contributed by atoms with E-state index in [-0.39, 0.29) is 5.91 Å². The molecule has 1 heterocycles. The van der Waals surface area contributed by atoms with Crippen molar-refractivity contribution in [1.82, 2.24) is 0 Å². The first-order valence-electron chi connectivity index (χ1n) is 8.85. The summed E-state index contributed by atoms with van der Waals surface area (Å²) < 4.78 is 5.31. The van der Waals surface area contributed by atoms with Gasteiger partial charge in [-0.3, -0.25) is 9.69 Å². The number of rotatable bonds is 3. The minimum Gasteiger partial charge on any atom is -0.495 e. The second kappa shape index (κ2) is 6.36. The molecule has 1 saturated carbocycles. The summed E-state index contributed by atoms with van der Waals surface area (Å²) >= 11 is 5.75. The van der Waals surface area contributed by atoms with Crippen LogP contribution in [-0.4, -0.2) is 23.7 Å². The molecule has 2 fully saturated rings. The summed E-state index contributed by atoms with van der Waals surface area (Å²) in [5, 5.41) is 9.68. The zero-order valence-electron chi connectivity index (χ0n) is 15.2. The van der Waals surface area contributed by atoms with Crippen molar-refractivity contribution in [2.75, 3.05) is 16.9 Å². The lowest BCUT2D eigenvalue weighted by Gasteiger charge is -2.43. The van der Waals surface area contributed by atoms with Crippen molar-refractivity contribution in [3.05, 3.63) is 53.6 Å². The number of methoxy groups -OCH3 is 1. The van der Waals surface area contributed by atoms with Gasteiger partial charge in [-0.2, -0.15) is 5.26 Å². The largest absolute Gasteiger partial charge is 0.495 e. The summed E-state index contributed by atoms with van der Waals surface area (Å²) in [5.74, 6) is 0.424. The summed E-state index contributed by atoms with van der Waals surface area (Å²) in [6.07, 6.45) is 2.56. The number of aryl methyl sites for hydroxylation is 1. The van der Waals surface area contributed by atoms with Gasteiger partial charge in [-0.15, -0.1) is 0 Å². The van der Waals surface area contributed by atoms with Crippen LogP contribution in [0.2, 0.25) is 0 Å². The van der Waals surface area contributed by atoms with Gasteiger partial charge < -0.3 is 9.64 Å². The summed E-state index contributed by atoms with van der Waals surface area (Å²) in [6, 6.07) is 15.3. The number of anilines is 2. The van der Waals surface area contributed by atoms with Gasteiger partial charge in [0.2, 0.25) is 0 Å². The molecule has 2 aromatic rings. The van der Waals surface area contributed by atoms with Gasteiger partial charge in [-0.1, -0.05) is 17.7 Å². The smallest absolute Gasteiger partial charge is 0.259 e. The number of hydrogen-bond donors (Lipinski definition) is 0. The Balaban J connectivity index is 1.80. The molecule has 0 radical (unpaired) electrons. The Morgan fingerprint density at radius 2 is 1.81 bits per heavy atom. The highest BCUT2D eigenvalue weighted by atomic mass is 32.1. The number of nitrogens with zero attached hydrogens (tertiary/aromatic N) is 3. The van der Waals surface area contributed by atoms with Gasteiger partial charge in [0.05, 0.1) is 18.4 Å². The predicted octanol–water partition coefficient (Wildman–Crippen LogP) is 3.94. The van der Waals surface area contributed by atoms with E-state index in [9.17, 15) is 10.1 Å². The molecule has 2 aliphatic rings. The fourth-order valence-electron chi connectivity index (χ4n) is 3.81. The van der Waals surface area contributed by atoms with Gasteiger partial charge in [-0.05, 0) is 62.7 Å². The molecule has 4 rings (SSSR count). The Bertz CT molecular complexity index is 974. The van der Waals surface area contributed by atoms with Crippen LogP contribution in [0.3, 0.4) is 0 Å². The third kappa shape index (κ3) is 2.50. The van der Waals surface area contributed by atoms with Crippen molar-refractivity contribution >= 4 is 34.6 Å². The standard InChI is InChI=1S/C21H19N3O2S/c1-14-4-7-16(8-5-14)24-20(27)23(19(25)21(24)10-3-11-21)17-9-6-15(13-22)18(12-17)26-2/h4-9,12H,3,10-11H2,1-2H3. The molecule has 1 aliphatic heterocycles. The van der Waals surface area contributed by atoms with Crippen molar-refractivity contribution in [3.63, 3.8) is 0 Å². The van der Waals surface area contributed by atoms with Crippen molar-refractivity contribution in [2.24, 2.45) is 0 Å². The Hall–Kier alpha value is -2.91. The SMILES string of the molecule is COc1cc(N2C(=O)C3(CCC3)N(c3ccc(C)cc3)C2=S)ccc1C#N. The molecule has 2 aromatic carbocycles. The first-order valence-corrected chi connectivity index (χ1v) is 9.26. The minimum atomic E-state index is -0.604. The number of thiocarbonyl (C=S) groups is 1. The minimum absolute atomic E-state index is 0.00825. The second-order valence-corrected chi connectivity index (χ2v) is 7.34. The molecule has 0 bridgehead atoms. The first kappa shape index (κ1) is 17.5. The second-order valence-electron chi connectivity index (χ2n) is 6.98. The number of hydrogen-bond acceptors (Lipinski definition) is 4. The molecule has 6 heteroatoms. The Labute approximate surface area is 163 Å². The van der Waals surface area contributed by atoms with Crippen LogP contribution in [0.25, 0.3) is 0 Å². The molecular weight excluding hydrogens is 358 g/mol. The number of carbonyl (C=O) groups excluding carboxylic acids is 1. The Kier molecular flexibility index (Phi) is 4.12. The highest BCUT2D eigenvalue weighted by molar-refractivity contribution is 7.81. The lowest BCUT2D eigenvalue weighted by Crippen LogP contribution is -2.55. The van der Waals surface area contributed by atoms with E-state index in [4.69, 9.17) is 17.0 Å². The van der Waals surface area contributed by atoms with Gasteiger partial charge in [0.15, 0.2) is 5.11 Å². The molecule has 1 amide bonds. The zero-order valence-corrected chi connectivity index (χ0v) is 16.0. The van der Waals surface area contributed by atoms with Crippen LogP contribution in [0.1, 0.15) is 30.4 Å². The maximum Gasteiger partial charge on any atom is 0.259 e. The Morgan fingerprint density at radius 3 is 2.37 bits per heavy atom. The number of nitriles is 1. The van der Waals surface area contributed by atoms with Crippen LogP contribution in [0.15, 0.2) is 42.5 Å². The van der Waals surface area contributed by atoms with Crippen LogP contribution < -0.4 is 14.5 Å². The average Bonchev–Trinajstić information content (AvgIpc) is 2.89. The normalized spacial score (nSPS) is 17.8. The highest BCUT2D eigenvalue weighted by Gasteiger charge is 2.59. The third-order valence-corrected chi connectivity index (χ3v) is 5.81. The monoisotopic (exact) mass is 377 g/mol. The van der Waals surface area contributed by atoms with Crippen molar-refractivity contribution in [2.45, 2.75) is 31.7 Å². The van der Waals surface area contributed by atoms with Gasteiger partial charge in [0.25, 0.3) is 5.91 Å². The van der Waals surface area contributed by atoms with Gasteiger partial charge in [0, 0.05) is 11.8 Å². The van der Waals surface area contributed by atoms with Crippen LogP contribution in [-0.2, 0) is 4.79 Å². The summed E-state index contributed by atoms with van der Waals surface area (Å²) in [7, 11) is 1.51. The fraction of sp³-hybridized carbons (Fsp3) is 0.286.